The number of hydrogen-bond donors (Lipinski definition) is 1. The van der Waals surface area contributed by atoms with Gasteiger partial charge in [0, 0.05) is 11.3 Å². The van der Waals surface area contributed by atoms with Crippen molar-refractivity contribution in [2.75, 3.05) is 6.61 Å². The van der Waals surface area contributed by atoms with Gasteiger partial charge in [0.2, 0.25) is 0 Å². The smallest absolute Gasteiger partial charge is 0.271 e. The van der Waals surface area contributed by atoms with E-state index >= 15 is 0 Å². The third-order valence-electron chi connectivity index (χ3n) is 3.58. The molecule has 21 heavy (non-hydrogen) atoms. The van der Waals surface area contributed by atoms with Gasteiger partial charge in [-0.15, -0.1) is 0 Å². The quantitative estimate of drug-likeness (QED) is 0.615. The van der Waals surface area contributed by atoms with Crippen molar-refractivity contribution in [3.63, 3.8) is 0 Å². The van der Waals surface area contributed by atoms with Crippen LogP contribution in [0.1, 0.15) is 50.4 Å². The van der Waals surface area contributed by atoms with E-state index in [0.717, 1.165) is 17.9 Å². The molecule has 1 aliphatic carbocycles. The van der Waals surface area contributed by atoms with Gasteiger partial charge in [0.05, 0.1) is 6.61 Å². The van der Waals surface area contributed by atoms with Crippen molar-refractivity contribution in [3.05, 3.63) is 29.8 Å². The summed E-state index contributed by atoms with van der Waals surface area (Å²) in [5.74, 6) is 1.82. The Morgan fingerprint density at radius 3 is 2.57 bits per heavy atom. The fourth-order valence-corrected chi connectivity index (χ4v) is 1.91. The molecule has 0 aliphatic heterocycles. The van der Waals surface area contributed by atoms with E-state index in [-0.39, 0.29) is 5.91 Å². The Bertz CT molecular complexity index is 502. The number of hydrazone groups is 1. The van der Waals surface area contributed by atoms with Crippen LogP contribution in [0, 0.1) is 11.8 Å². The van der Waals surface area contributed by atoms with Gasteiger partial charge in [-0.3, -0.25) is 4.79 Å². The van der Waals surface area contributed by atoms with Crippen molar-refractivity contribution in [2.45, 2.75) is 40.0 Å². The Labute approximate surface area is 126 Å². The Kier molecular flexibility index (Phi) is 5.37. The number of carbonyl (C=O) groups excluding carboxylic acids is 1. The predicted octanol–water partition coefficient (Wildman–Crippen LogP) is 3.63. The maximum atomic E-state index is 11.9. The van der Waals surface area contributed by atoms with Gasteiger partial charge in [-0.25, -0.2) is 5.43 Å². The van der Waals surface area contributed by atoms with Crippen LogP contribution >= 0.6 is 0 Å². The summed E-state index contributed by atoms with van der Waals surface area (Å²) in [6.07, 6.45) is 3.40. The second-order valence-corrected chi connectivity index (χ2v) is 6.02. The zero-order chi connectivity index (χ0) is 15.2. The lowest BCUT2D eigenvalue weighted by atomic mass is 10.1. The summed E-state index contributed by atoms with van der Waals surface area (Å²) in [6, 6.07) is 7.18. The van der Waals surface area contributed by atoms with Crippen molar-refractivity contribution < 1.29 is 9.53 Å². The van der Waals surface area contributed by atoms with Crippen molar-refractivity contribution in [2.24, 2.45) is 16.9 Å². The molecule has 0 spiro atoms. The second-order valence-electron chi connectivity index (χ2n) is 6.02. The van der Waals surface area contributed by atoms with Gasteiger partial charge in [-0.1, -0.05) is 13.8 Å². The molecule has 0 saturated heterocycles. The van der Waals surface area contributed by atoms with E-state index in [4.69, 9.17) is 4.74 Å². The third-order valence-corrected chi connectivity index (χ3v) is 3.58. The van der Waals surface area contributed by atoms with Crippen LogP contribution in [0.3, 0.4) is 0 Å². The zero-order valence-corrected chi connectivity index (χ0v) is 13.1. The molecule has 1 fully saturated rings. The van der Waals surface area contributed by atoms with E-state index in [1.807, 2.05) is 19.1 Å². The largest absolute Gasteiger partial charge is 0.494 e. The lowest BCUT2D eigenvalue weighted by Crippen LogP contribution is -2.19. The Hall–Kier alpha value is -1.84. The molecule has 1 aliphatic rings. The first-order valence-electron chi connectivity index (χ1n) is 7.63. The van der Waals surface area contributed by atoms with E-state index in [9.17, 15) is 4.79 Å². The summed E-state index contributed by atoms with van der Waals surface area (Å²) in [5.41, 5.74) is 4.21. The molecule has 1 amide bonds. The number of nitrogens with zero attached hydrogens (tertiary/aromatic N) is 1. The Morgan fingerprint density at radius 2 is 2.00 bits per heavy atom. The Balaban J connectivity index is 1.83. The van der Waals surface area contributed by atoms with E-state index in [0.29, 0.717) is 24.0 Å². The fraction of sp³-hybridized carbons (Fsp3) is 0.529. The van der Waals surface area contributed by atoms with Gasteiger partial charge in [-0.05, 0) is 62.3 Å². The summed E-state index contributed by atoms with van der Waals surface area (Å²) < 4.78 is 5.63. The van der Waals surface area contributed by atoms with Crippen LogP contribution in [0.25, 0.3) is 0 Å². The molecule has 1 aromatic carbocycles. The molecule has 0 heterocycles. The summed E-state index contributed by atoms with van der Waals surface area (Å²) >= 11 is 0. The summed E-state index contributed by atoms with van der Waals surface area (Å²) in [4.78, 5) is 11.9. The molecule has 0 unspecified atom stereocenters. The SMILES string of the molecule is CC(=NNC(=O)c1ccc(OCCC(C)C)cc1)C1CC1. The van der Waals surface area contributed by atoms with Crippen molar-refractivity contribution >= 4 is 11.6 Å². The third kappa shape index (κ3) is 5.21. The van der Waals surface area contributed by atoms with Crippen molar-refractivity contribution in [1.82, 2.24) is 5.43 Å². The molecule has 0 atom stereocenters. The van der Waals surface area contributed by atoms with Gasteiger partial charge in [0.25, 0.3) is 5.91 Å². The van der Waals surface area contributed by atoms with E-state index < -0.39 is 0 Å². The highest BCUT2D eigenvalue weighted by Gasteiger charge is 2.24. The highest BCUT2D eigenvalue weighted by atomic mass is 16.5. The van der Waals surface area contributed by atoms with Crippen LogP contribution in [0.15, 0.2) is 29.4 Å². The molecule has 0 bridgehead atoms. The summed E-state index contributed by atoms with van der Waals surface area (Å²) in [6.45, 7) is 7.00. The van der Waals surface area contributed by atoms with Gasteiger partial charge >= 0.3 is 0 Å². The minimum absolute atomic E-state index is 0.177. The van der Waals surface area contributed by atoms with Gasteiger partial charge < -0.3 is 4.74 Å². The molecule has 1 saturated carbocycles. The highest BCUT2D eigenvalue weighted by Crippen LogP contribution is 2.30. The maximum absolute atomic E-state index is 11.9. The lowest BCUT2D eigenvalue weighted by molar-refractivity contribution is 0.0954. The standard InChI is InChI=1S/C17H24N2O2/c1-12(2)10-11-21-16-8-6-15(7-9-16)17(20)19-18-13(3)14-4-5-14/h6-9,12,14H,4-5,10-11H2,1-3H3,(H,19,20). The first-order chi connectivity index (χ1) is 10.1. The maximum Gasteiger partial charge on any atom is 0.271 e. The first kappa shape index (κ1) is 15.5. The first-order valence-corrected chi connectivity index (χ1v) is 7.63. The van der Waals surface area contributed by atoms with Crippen molar-refractivity contribution in [1.29, 1.82) is 0 Å². The lowest BCUT2D eigenvalue weighted by Gasteiger charge is -2.08. The normalized spacial score (nSPS) is 15.1. The van der Waals surface area contributed by atoms with Crippen LogP contribution in [-0.2, 0) is 0 Å². The van der Waals surface area contributed by atoms with Crippen LogP contribution in [0.4, 0.5) is 0 Å². The zero-order valence-electron chi connectivity index (χ0n) is 13.1. The second kappa shape index (κ2) is 7.25. The minimum Gasteiger partial charge on any atom is -0.494 e. The minimum atomic E-state index is -0.177. The molecule has 4 heteroatoms. The molecule has 1 N–H and O–H groups in total. The molecule has 1 aromatic rings. The number of hydrogen-bond acceptors (Lipinski definition) is 3. The molecular formula is C17H24N2O2. The predicted molar refractivity (Wildman–Crippen MR) is 84.7 cm³/mol. The number of benzene rings is 1. The molecule has 114 valence electrons. The van der Waals surface area contributed by atoms with Crippen LogP contribution < -0.4 is 10.2 Å². The van der Waals surface area contributed by atoms with Gasteiger partial charge in [0.15, 0.2) is 0 Å². The molecular weight excluding hydrogens is 264 g/mol. The van der Waals surface area contributed by atoms with Crippen LogP contribution in [0.2, 0.25) is 0 Å². The van der Waals surface area contributed by atoms with E-state index in [2.05, 4.69) is 24.4 Å². The number of carbonyl (C=O) groups is 1. The average Bonchev–Trinajstić information content (AvgIpc) is 3.29. The monoisotopic (exact) mass is 288 g/mol. The average molecular weight is 288 g/mol. The molecule has 4 nitrogen and oxygen atoms in total. The summed E-state index contributed by atoms with van der Waals surface area (Å²) in [7, 11) is 0. The highest BCUT2D eigenvalue weighted by molar-refractivity contribution is 5.95. The topological polar surface area (TPSA) is 50.7 Å². The van der Waals surface area contributed by atoms with E-state index in [1.54, 1.807) is 12.1 Å². The van der Waals surface area contributed by atoms with Gasteiger partial charge in [0.1, 0.15) is 5.75 Å². The summed E-state index contributed by atoms with van der Waals surface area (Å²) in [5, 5.41) is 4.14. The van der Waals surface area contributed by atoms with Crippen molar-refractivity contribution in [3.8, 4) is 5.75 Å². The van der Waals surface area contributed by atoms with Crippen LogP contribution in [0.5, 0.6) is 5.75 Å². The van der Waals surface area contributed by atoms with E-state index in [1.165, 1.54) is 12.8 Å². The number of rotatable bonds is 7. The molecule has 2 rings (SSSR count). The number of nitrogens with one attached hydrogen (secondary N) is 1. The number of amides is 1. The fourth-order valence-electron chi connectivity index (χ4n) is 1.91. The van der Waals surface area contributed by atoms with Gasteiger partial charge in [-0.2, -0.15) is 5.10 Å². The van der Waals surface area contributed by atoms with Crippen LogP contribution in [-0.4, -0.2) is 18.2 Å². The molecule has 0 radical (unpaired) electrons. The molecule has 0 aromatic heterocycles. The number of ether oxygens (including phenoxy) is 1. The Morgan fingerprint density at radius 1 is 1.33 bits per heavy atom.